The molecule has 112 valence electrons. The molecule has 0 aromatic carbocycles. The van der Waals surface area contributed by atoms with Gasteiger partial charge in [0, 0.05) is 39.3 Å². The van der Waals surface area contributed by atoms with Crippen molar-refractivity contribution < 1.29 is 8.42 Å². The molecular weight excluding hydrogens is 278 g/mol. The van der Waals surface area contributed by atoms with E-state index in [9.17, 15) is 8.42 Å². The summed E-state index contributed by atoms with van der Waals surface area (Å²) in [5, 5.41) is 2.77. The van der Waals surface area contributed by atoms with Gasteiger partial charge in [-0.15, -0.1) is 0 Å². The van der Waals surface area contributed by atoms with Crippen molar-refractivity contribution in [1.29, 1.82) is 0 Å². The fraction of sp³-hybridized carbons (Fsp3) is 0.667. The zero-order valence-electron chi connectivity index (χ0n) is 12.1. The minimum Gasteiger partial charge on any atom is -0.357 e. The van der Waals surface area contributed by atoms with Crippen LogP contribution in [0, 0.1) is 0 Å². The summed E-state index contributed by atoms with van der Waals surface area (Å²) in [6.45, 7) is 6.77. The maximum atomic E-state index is 12.5. The third-order valence-corrected chi connectivity index (χ3v) is 5.34. The number of piperazine rings is 1. The first-order valence-electron chi connectivity index (χ1n) is 6.69. The molecule has 0 spiro atoms. The van der Waals surface area contributed by atoms with E-state index in [-0.39, 0.29) is 4.90 Å². The maximum absolute atomic E-state index is 12.5. The number of rotatable bonds is 4. The first-order valence-corrected chi connectivity index (χ1v) is 8.13. The van der Waals surface area contributed by atoms with Crippen LogP contribution in [-0.4, -0.2) is 66.9 Å². The molecule has 0 radical (unpaired) electrons. The second-order valence-corrected chi connectivity index (χ2v) is 6.96. The Balaban J connectivity index is 2.11. The van der Waals surface area contributed by atoms with E-state index in [1.807, 2.05) is 0 Å². The molecule has 0 atom stereocenters. The lowest BCUT2D eigenvalue weighted by atomic mass is 10.3. The van der Waals surface area contributed by atoms with Gasteiger partial charge in [0.15, 0.2) is 0 Å². The van der Waals surface area contributed by atoms with Gasteiger partial charge in [-0.1, -0.05) is 0 Å². The lowest BCUT2D eigenvalue weighted by Crippen LogP contribution is -2.50. The fourth-order valence-corrected chi connectivity index (χ4v) is 3.50. The number of hydrogen-bond donors (Lipinski definition) is 1. The summed E-state index contributed by atoms with van der Waals surface area (Å²) < 4.78 is 26.4. The molecule has 1 N–H and O–H groups in total. The maximum Gasteiger partial charge on any atom is 0.246 e. The summed E-state index contributed by atoms with van der Waals surface area (Å²) in [6.07, 6.45) is 2.70. The van der Waals surface area contributed by atoms with E-state index < -0.39 is 10.0 Å². The average molecular weight is 299 g/mol. The van der Waals surface area contributed by atoms with Crippen molar-refractivity contribution in [3.63, 3.8) is 0 Å². The highest BCUT2D eigenvalue weighted by Crippen LogP contribution is 2.17. The topological polar surface area (TPSA) is 78.4 Å². The number of anilines is 1. The highest BCUT2D eigenvalue weighted by Gasteiger charge is 2.29. The van der Waals surface area contributed by atoms with Gasteiger partial charge in [-0.3, -0.25) is 4.90 Å². The van der Waals surface area contributed by atoms with Crippen molar-refractivity contribution in [2.24, 2.45) is 0 Å². The molecule has 2 heterocycles. The van der Waals surface area contributed by atoms with E-state index in [0.717, 1.165) is 13.1 Å². The van der Waals surface area contributed by atoms with Gasteiger partial charge in [0.1, 0.15) is 4.90 Å². The van der Waals surface area contributed by atoms with E-state index >= 15 is 0 Å². The quantitative estimate of drug-likeness (QED) is 0.857. The molecule has 2 rings (SSSR count). The second kappa shape index (κ2) is 6.02. The molecule has 20 heavy (non-hydrogen) atoms. The molecule has 0 bridgehead atoms. The Morgan fingerprint density at radius 1 is 1.15 bits per heavy atom. The minimum absolute atomic E-state index is 0.148. The zero-order valence-corrected chi connectivity index (χ0v) is 12.9. The SMILES string of the molecule is CNc1ncc(S(=O)(=O)N2CCN(C(C)C)CC2)cn1. The van der Waals surface area contributed by atoms with Crippen LogP contribution in [-0.2, 0) is 10.0 Å². The number of sulfonamides is 1. The molecular formula is C12H21N5O2S. The van der Waals surface area contributed by atoms with Crippen LogP contribution in [0.4, 0.5) is 5.95 Å². The molecule has 0 amide bonds. The summed E-state index contributed by atoms with van der Waals surface area (Å²) >= 11 is 0. The Hall–Kier alpha value is -1.25. The number of nitrogens with one attached hydrogen (secondary N) is 1. The monoisotopic (exact) mass is 299 g/mol. The Morgan fingerprint density at radius 2 is 1.70 bits per heavy atom. The van der Waals surface area contributed by atoms with Crippen LogP contribution in [0.1, 0.15) is 13.8 Å². The van der Waals surface area contributed by atoms with Gasteiger partial charge >= 0.3 is 0 Å². The van der Waals surface area contributed by atoms with Gasteiger partial charge in [0.2, 0.25) is 16.0 Å². The van der Waals surface area contributed by atoms with Gasteiger partial charge in [0.05, 0.1) is 12.4 Å². The van der Waals surface area contributed by atoms with Gasteiger partial charge < -0.3 is 5.32 Å². The molecule has 1 aromatic rings. The van der Waals surface area contributed by atoms with Crippen molar-refractivity contribution >= 4 is 16.0 Å². The first kappa shape index (κ1) is 15.1. The standard InChI is InChI=1S/C12H21N5O2S/c1-10(2)16-4-6-17(7-5-16)20(18,19)11-8-14-12(13-3)15-9-11/h8-10H,4-7H2,1-3H3,(H,13,14,15). The molecule has 1 aliphatic rings. The number of nitrogens with zero attached hydrogens (tertiary/aromatic N) is 4. The summed E-state index contributed by atoms with van der Waals surface area (Å²) in [5.74, 6) is 0.411. The smallest absolute Gasteiger partial charge is 0.246 e. The van der Waals surface area contributed by atoms with Crippen molar-refractivity contribution in [1.82, 2.24) is 19.2 Å². The number of hydrogen-bond acceptors (Lipinski definition) is 6. The summed E-state index contributed by atoms with van der Waals surface area (Å²) in [4.78, 5) is 10.3. The molecule has 0 unspecified atom stereocenters. The van der Waals surface area contributed by atoms with Crippen LogP contribution in [0.5, 0.6) is 0 Å². The molecule has 7 nitrogen and oxygen atoms in total. The van der Waals surface area contributed by atoms with Crippen molar-refractivity contribution in [2.75, 3.05) is 38.5 Å². The van der Waals surface area contributed by atoms with Gasteiger partial charge in [-0.25, -0.2) is 18.4 Å². The Kier molecular flexibility index (Phi) is 4.56. The molecule has 0 aliphatic carbocycles. The highest BCUT2D eigenvalue weighted by molar-refractivity contribution is 7.89. The normalized spacial score (nSPS) is 18.4. The van der Waals surface area contributed by atoms with Gasteiger partial charge in [-0.05, 0) is 13.8 Å². The summed E-state index contributed by atoms with van der Waals surface area (Å²) in [5.41, 5.74) is 0. The van der Waals surface area contributed by atoms with Crippen molar-refractivity contribution in [3.05, 3.63) is 12.4 Å². The van der Waals surface area contributed by atoms with Crippen LogP contribution in [0.2, 0.25) is 0 Å². The average Bonchev–Trinajstić information content (AvgIpc) is 2.47. The van der Waals surface area contributed by atoms with E-state index in [4.69, 9.17) is 0 Å². The highest BCUT2D eigenvalue weighted by atomic mass is 32.2. The number of aromatic nitrogens is 2. The zero-order chi connectivity index (χ0) is 14.8. The lowest BCUT2D eigenvalue weighted by Gasteiger charge is -2.36. The Bertz CT molecular complexity index is 535. The first-order chi connectivity index (χ1) is 9.45. The molecule has 1 aromatic heterocycles. The van der Waals surface area contributed by atoms with E-state index in [2.05, 4.69) is 34.0 Å². The van der Waals surface area contributed by atoms with Crippen LogP contribution < -0.4 is 5.32 Å². The summed E-state index contributed by atoms with van der Waals surface area (Å²) in [7, 11) is -1.79. The van der Waals surface area contributed by atoms with Crippen LogP contribution in [0.15, 0.2) is 17.3 Å². The minimum atomic E-state index is -3.48. The lowest BCUT2D eigenvalue weighted by molar-refractivity contribution is 0.154. The Labute approximate surface area is 120 Å². The van der Waals surface area contributed by atoms with Crippen molar-refractivity contribution in [2.45, 2.75) is 24.8 Å². The van der Waals surface area contributed by atoms with E-state index in [0.29, 0.717) is 25.1 Å². The van der Waals surface area contributed by atoms with Crippen LogP contribution in [0.25, 0.3) is 0 Å². The molecule has 1 fully saturated rings. The fourth-order valence-electron chi connectivity index (χ4n) is 2.19. The van der Waals surface area contributed by atoms with Gasteiger partial charge in [-0.2, -0.15) is 4.31 Å². The molecule has 1 saturated heterocycles. The molecule has 1 aliphatic heterocycles. The van der Waals surface area contributed by atoms with Crippen molar-refractivity contribution in [3.8, 4) is 0 Å². The predicted octanol–water partition coefficient (Wildman–Crippen LogP) is 0.233. The van der Waals surface area contributed by atoms with E-state index in [1.165, 1.54) is 16.7 Å². The third kappa shape index (κ3) is 3.08. The predicted molar refractivity (Wildman–Crippen MR) is 77.0 cm³/mol. The van der Waals surface area contributed by atoms with Crippen LogP contribution >= 0.6 is 0 Å². The van der Waals surface area contributed by atoms with Crippen LogP contribution in [0.3, 0.4) is 0 Å². The molecule has 8 heteroatoms. The summed E-state index contributed by atoms with van der Waals surface area (Å²) in [6, 6.07) is 0.443. The largest absolute Gasteiger partial charge is 0.357 e. The molecule has 0 saturated carbocycles. The Morgan fingerprint density at radius 3 is 2.15 bits per heavy atom. The van der Waals surface area contributed by atoms with Gasteiger partial charge in [0.25, 0.3) is 0 Å². The second-order valence-electron chi connectivity index (χ2n) is 5.03. The third-order valence-electron chi connectivity index (χ3n) is 3.49. The van der Waals surface area contributed by atoms with E-state index in [1.54, 1.807) is 7.05 Å².